The Kier molecular flexibility index (Phi) is 9.65. The van der Waals surface area contributed by atoms with E-state index in [0.29, 0.717) is 32.1 Å². The second-order valence-electron chi connectivity index (χ2n) is 5.89. The number of hydrogen-bond acceptors (Lipinski definition) is 3. The molecular formula is C19H31FN4O2. The maximum atomic E-state index is 13.1. The van der Waals surface area contributed by atoms with Gasteiger partial charge in [-0.1, -0.05) is 12.1 Å². The van der Waals surface area contributed by atoms with E-state index in [-0.39, 0.29) is 24.4 Å². The Morgan fingerprint density at radius 2 is 1.85 bits per heavy atom. The number of rotatable bonds is 9. The summed E-state index contributed by atoms with van der Waals surface area (Å²) >= 11 is 0. The fourth-order valence-corrected chi connectivity index (χ4v) is 2.59. The van der Waals surface area contributed by atoms with E-state index in [0.717, 1.165) is 5.56 Å². The summed E-state index contributed by atoms with van der Waals surface area (Å²) in [5.74, 6) is 0.414. The van der Waals surface area contributed by atoms with Gasteiger partial charge in [0.05, 0.1) is 13.1 Å². The first-order chi connectivity index (χ1) is 12.5. The van der Waals surface area contributed by atoms with E-state index in [4.69, 9.17) is 4.74 Å². The Bertz CT molecular complexity index is 573. The van der Waals surface area contributed by atoms with Crippen LogP contribution < -0.4 is 5.32 Å². The van der Waals surface area contributed by atoms with Gasteiger partial charge >= 0.3 is 0 Å². The molecule has 1 rings (SSSR count). The number of likely N-dealkylation sites (N-methyl/N-ethyl adjacent to an activating group) is 2. The van der Waals surface area contributed by atoms with Crippen molar-refractivity contribution >= 4 is 11.9 Å². The van der Waals surface area contributed by atoms with Gasteiger partial charge in [-0.05, 0) is 38.5 Å². The molecule has 6 nitrogen and oxygen atoms in total. The lowest BCUT2D eigenvalue weighted by molar-refractivity contribution is -0.131. The minimum absolute atomic E-state index is 0.0601. The maximum absolute atomic E-state index is 13.1. The zero-order valence-electron chi connectivity index (χ0n) is 16.5. The highest BCUT2D eigenvalue weighted by molar-refractivity contribution is 5.86. The molecule has 0 aliphatic heterocycles. The molecule has 0 fully saturated rings. The maximum Gasteiger partial charge on any atom is 0.242 e. The van der Waals surface area contributed by atoms with E-state index in [1.165, 1.54) is 12.1 Å². The molecule has 1 unspecified atom stereocenters. The van der Waals surface area contributed by atoms with Crippen LogP contribution in [-0.4, -0.2) is 68.5 Å². The summed E-state index contributed by atoms with van der Waals surface area (Å²) in [6, 6.07) is 6.20. The van der Waals surface area contributed by atoms with Crippen molar-refractivity contribution in [2.75, 3.05) is 46.9 Å². The van der Waals surface area contributed by atoms with Gasteiger partial charge in [-0.15, -0.1) is 0 Å². The summed E-state index contributed by atoms with van der Waals surface area (Å²) in [4.78, 5) is 20.5. The molecule has 0 aromatic heterocycles. The summed E-state index contributed by atoms with van der Waals surface area (Å²) < 4.78 is 18.6. The Balaban J connectivity index is 2.82. The number of carbonyl (C=O) groups excluding carboxylic acids is 1. The van der Waals surface area contributed by atoms with Gasteiger partial charge in [0.15, 0.2) is 5.96 Å². The molecule has 0 spiro atoms. The Labute approximate surface area is 156 Å². The van der Waals surface area contributed by atoms with Crippen molar-refractivity contribution in [2.45, 2.75) is 26.9 Å². The lowest BCUT2D eigenvalue weighted by Crippen LogP contribution is -2.45. The Hall–Kier alpha value is -2.15. The normalized spacial score (nSPS) is 12.6. The number of carbonyl (C=O) groups is 1. The van der Waals surface area contributed by atoms with Gasteiger partial charge in [-0.25, -0.2) is 4.39 Å². The third kappa shape index (κ3) is 6.63. The van der Waals surface area contributed by atoms with Gasteiger partial charge in [0.1, 0.15) is 11.9 Å². The van der Waals surface area contributed by atoms with Gasteiger partial charge in [0.25, 0.3) is 0 Å². The minimum atomic E-state index is -0.282. The number of nitrogens with zero attached hydrogens (tertiary/aromatic N) is 3. The quantitative estimate of drug-likeness (QED) is 0.538. The fraction of sp³-hybridized carbons (Fsp3) is 0.579. The van der Waals surface area contributed by atoms with Crippen LogP contribution in [0.15, 0.2) is 29.3 Å². The summed E-state index contributed by atoms with van der Waals surface area (Å²) in [5, 5.41) is 3.19. The third-order valence-electron chi connectivity index (χ3n) is 4.12. The number of methoxy groups -OCH3 is 1. The summed E-state index contributed by atoms with van der Waals surface area (Å²) in [6.45, 7) is 8.59. The van der Waals surface area contributed by atoms with E-state index in [1.54, 1.807) is 24.1 Å². The predicted molar refractivity (Wildman–Crippen MR) is 103 cm³/mol. The second kappa shape index (κ2) is 11.5. The van der Waals surface area contributed by atoms with E-state index < -0.39 is 0 Å². The van der Waals surface area contributed by atoms with Crippen LogP contribution >= 0.6 is 0 Å². The van der Waals surface area contributed by atoms with Crippen molar-refractivity contribution in [3.05, 3.63) is 35.6 Å². The molecule has 0 radical (unpaired) electrons. The standard InChI is InChI=1S/C19H31FN4O2/c1-6-21-19(23(4)14-18(25)24(7-2)8-3)22-13-17(26-5)15-9-11-16(20)12-10-15/h9-12,17H,6-8,13-14H2,1-5H3,(H,21,22). The summed E-state index contributed by atoms with van der Waals surface area (Å²) in [6.07, 6.45) is -0.281. The molecule has 0 saturated heterocycles. The average molecular weight is 366 g/mol. The molecule has 0 aliphatic rings. The zero-order valence-corrected chi connectivity index (χ0v) is 16.5. The van der Waals surface area contributed by atoms with Crippen molar-refractivity contribution in [3.63, 3.8) is 0 Å². The van der Waals surface area contributed by atoms with Gasteiger partial charge in [-0.2, -0.15) is 0 Å². The molecule has 1 amide bonds. The van der Waals surface area contributed by atoms with Crippen LogP contribution in [0.4, 0.5) is 4.39 Å². The van der Waals surface area contributed by atoms with E-state index in [1.807, 2.05) is 32.7 Å². The molecule has 1 aromatic rings. The van der Waals surface area contributed by atoms with Crippen molar-refractivity contribution in [1.29, 1.82) is 0 Å². The van der Waals surface area contributed by atoms with Gasteiger partial charge in [0, 0.05) is 33.8 Å². The monoisotopic (exact) mass is 366 g/mol. The van der Waals surface area contributed by atoms with Crippen molar-refractivity contribution in [1.82, 2.24) is 15.1 Å². The third-order valence-corrected chi connectivity index (χ3v) is 4.12. The number of halogens is 1. The molecule has 7 heteroatoms. The lowest BCUT2D eigenvalue weighted by Gasteiger charge is -2.26. The number of hydrogen-bond donors (Lipinski definition) is 1. The van der Waals surface area contributed by atoms with Crippen LogP contribution in [0.1, 0.15) is 32.4 Å². The van der Waals surface area contributed by atoms with Crippen molar-refractivity contribution in [3.8, 4) is 0 Å². The van der Waals surface area contributed by atoms with Crippen LogP contribution in [-0.2, 0) is 9.53 Å². The number of guanidine groups is 1. The average Bonchev–Trinajstić information content (AvgIpc) is 2.63. The first-order valence-electron chi connectivity index (χ1n) is 9.02. The highest BCUT2D eigenvalue weighted by Crippen LogP contribution is 2.17. The van der Waals surface area contributed by atoms with E-state index >= 15 is 0 Å². The molecule has 1 aromatic carbocycles. The van der Waals surface area contributed by atoms with Crippen LogP contribution in [0.25, 0.3) is 0 Å². The largest absolute Gasteiger partial charge is 0.375 e. The SMILES string of the molecule is CCNC(=NCC(OC)c1ccc(F)cc1)N(C)CC(=O)N(CC)CC. The van der Waals surface area contributed by atoms with Gasteiger partial charge in [0.2, 0.25) is 5.91 Å². The molecule has 26 heavy (non-hydrogen) atoms. The number of nitrogens with one attached hydrogen (secondary N) is 1. The Morgan fingerprint density at radius 3 is 2.35 bits per heavy atom. The molecule has 1 N–H and O–H groups in total. The van der Waals surface area contributed by atoms with E-state index in [9.17, 15) is 9.18 Å². The number of ether oxygens (including phenoxy) is 1. The topological polar surface area (TPSA) is 57.2 Å². The first-order valence-corrected chi connectivity index (χ1v) is 9.02. The predicted octanol–water partition coefficient (Wildman–Crippen LogP) is 2.28. The summed E-state index contributed by atoms with van der Waals surface area (Å²) in [7, 11) is 3.44. The van der Waals surface area contributed by atoms with Gasteiger partial charge in [-0.3, -0.25) is 9.79 Å². The van der Waals surface area contributed by atoms with Crippen LogP contribution in [0.2, 0.25) is 0 Å². The van der Waals surface area contributed by atoms with Gasteiger partial charge < -0.3 is 19.9 Å². The van der Waals surface area contributed by atoms with Crippen LogP contribution in [0.5, 0.6) is 0 Å². The highest BCUT2D eigenvalue weighted by Gasteiger charge is 2.16. The molecular weight excluding hydrogens is 335 g/mol. The molecule has 0 aliphatic carbocycles. The first kappa shape index (κ1) is 21.9. The number of benzene rings is 1. The minimum Gasteiger partial charge on any atom is -0.375 e. The number of aliphatic imine (C=N–C) groups is 1. The fourth-order valence-electron chi connectivity index (χ4n) is 2.59. The summed E-state index contributed by atoms with van der Waals surface area (Å²) in [5.41, 5.74) is 0.857. The Morgan fingerprint density at radius 1 is 1.23 bits per heavy atom. The molecule has 0 bridgehead atoms. The van der Waals surface area contributed by atoms with E-state index in [2.05, 4.69) is 10.3 Å². The zero-order chi connectivity index (χ0) is 19.5. The molecule has 0 saturated carbocycles. The molecule has 1 atom stereocenters. The van der Waals surface area contributed by atoms with Crippen LogP contribution in [0, 0.1) is 5.82 Å². The lowest BCUT2D eigenvalue weighted by atomic mass is 10.1. The van der Waals surface area contributed by atoms with Crippen molar-refractivity contribution in [2.24, 2.45) is 4.99 Å². The molecule has 146 valence electrons. The highest BCUT2D eigenvalue weighted by atomic mass is 19.1. The van der Waals surface area contributed by atoms with Crippen molar-refractivity contribution < 1.29 is 13.9 Å². The molecule has 0 heterocycles. The number of amides is 1. The second-order valence-corrected chi connectivity index (χ2v) is 5.89. The smallest absolute Gasteiger partial charge is 0.242 e. The van der Waals surface area contributed by atoms with Crippen LogP contribution in [0.3, 0.4) is 0 Å².